The zero-order valence-electron chi connectivity index (χ0n) is 15.9. The van der Waals surface area contributed by atoms with Crippen molar-refractivity contribution in [3.63, 3.8) is 0 Å². The molecule has 2 aromatic heterocycles. The fourth-order valence-electron chi connectivity index (χ4n) is 3.52. The molecule has 27 heavy (non-hydrogen) atoms. The largest absolute Gasteiger partial charge is 0.360 e. The second kappa shape index (κ2) is 8.79. The molecule has 7 nitrogen and oxygen atoms in total. The summed E-state index contributed by atoms with van der Waals surface area (Å²) in [6, 6.07) is 5.64. The Morgan fingerprint density at radius 2 is 1.85 bits per heavy atom. The number of aromatic nitrogens is 2. The van der Waals surface area contributed by atoms with E-state index in [2.05, 4.69) is 15.5 Å². The third-order valence-electron chi connectivity index (χ3n) is 5.19. The van der Waals surface area contributed by atoms with Crippen LogP contribution in [-0.4, -0.2) is 40.4 Å². The molecule has 1 N–H and O–H groups in total. The minimum absolute atomic E-state index is 0.00536. The van der Waals surface area contributed by atoms with Crippen molar-refractivity contribution in [1.29, 1.82) is 0 Å². The molecule has 0 atom stereocenters. The second-order valence-electron chi connectivity index (χ2n) is 7.23. The van der Waals surface area contributed by atoms with E-state index in [1.54, 1.807) is 25.4 Å². The Bertz CT molecular complexity index is 767. The summed E-state index contributed by atoms with van der Waals surface area (Å²) < 4.78 is 4.96. The lowest BCUT2D eigenvalue weighted by Crippen LogP contribution is -2.37. The second-order valence-corrected chi connectivity index (χ2v) is 7.23. The quantitative estimate of drug-likeness (QED) is 0.845. The third-order valence-corrected chi connectivity index (χ3v) is 5.19. The number of likely N-dealkylation sites (N-methyl/N-ethyl adjacent to an activating group) is 1. The summed E-state index contributed by atoms with van der Waals surface area (Å²) in [6.07, 6.45) is 7.28. The van der Waals surface area contributed by atoms with Crippen LogP contribution in [0.5, 0.6) is 0 Å². The number of amides is 2. The average Bonchev–Trinajstić information content (AvgIpc) is 3.11. The van der Waals surface area contributed by atoms with Crippen LogP contribution in [0.2, 0.25) is 0 Å². The fourth-order valence-corrected chi connectivity index (χ4v) is 3.52. The molecule has 1 fully saturated rings. The van der Waals surface area contributed by atoms with Crippen molar-refractivity contribution in [2.45, 2.75) is 39.0 Å². The third kappa shape index (κ3) is 5.15. The molecule has 3 rings (SSSR count). The van der Waals surface area contributed by atoms with E-state index in [1.807, 2.05) is 24.1 Å². The maximum absolute atomic E-state index is 12.7. The number of pyridine rings is 1. The van der Waals surface area contributed by atoms with Crippen molar-refractivity contribution in [2.24, 2.45) is 11.8 Å². The molecule has 0 aliphatic heterocycles. The van der Waals surface area contributed by atoms with Gasteiger partial charge in [-0.15, -0.1) is 0 Å². The van der Waals surface area contributed by atoms with Crippen LogP contribution in [0.4, 0.5) is 5.82 Å². The van der Waals surface area contributed by atoms with Crippen molar-refractivity contribution in [3.05, 3.63) is 41.9 Å². The highest BCUT2D eigenvalue weighted by molar-refractivity contribution is 5.91. The Balaban J connectivity index is 1.43. The normalized spacial score (nSPS) is 19.5. The van der Waals surface area contributed by atoms with Crippen molar-refractivity contribution in [3.8, 4) is 0 Å². The molecule has 0 aromatic carbocycles. The van der Waals surface area contributed by atoms with Crippen LogP contribution in [0, 0.1) is 18.8 Å². The molecule has 0 bridgehead atoms. The number of aryl methyl sites for hydroxylation is 1. The molecule has 0 unspecified atom stereocenters. The molecule has 0 spiro atoms. The van der Waals surface area contributed by atoms with Gasteiger partial charge in [-0.25, -0.2) is 0 Å². The summed E-state index contributed by atoms with van der Waals surface area (Å²) in [5.41, 5.74) is 1.17. The van der Waals surface area contributed by atoms with Gasteiger partial charge in [-0.1, -0.05) is 5.16 Å². The van der Waals surface area contributed by atoms with E-state index >= 15 is 0 Å². The standard InChI is InChI=1S/C20H26N4O3/c1-14-13-18(23-27-14)22-19(25)16-3-5-17(6-4-16)20(26)24(2)12-9-15-7-10-21-11-8-15/h7-8,10-11,13,16-17H,3-6,9,12H2,1-2H3,(H,22,23,25). The molecule has 1 aliphatic rings. The van der Waals surface area contributed by atoms with Gasteiger partial charge in [-0.3, -0.25) is 14.6 Å². The maximum Gasteiger partial charge on any atom is 0.228 e. The number of hydrogen-bond donors (Lipinski definition) is 1. The molecule has 2 amide bonds. The van der Waals surface area contributed by atoms with E-state index in [0.29, 0.717) is 18.1 Å². The van der Waals surface area contributed by atoms with E-state index in [1.165, 1.54) is 5.56 Å². The number of nitrogens with one attached hydrogen (secondary N) is 1. The van der Waals surface area contributed by atoms with Crippen LogP contribution < -0.4 is 5.32 Å². The summed E-state index contributed by atoms with van der Waals surface area (Å²) in [4.78, 5) is 30.9. The van der Waals surface area contributed by atoms with Gasteiger partial charge in [0.15, 0.2) is 5.82 Å². The summed E-state index contributed by atoms with van der Waals surface area (Å²) in [7, 11) is 1.86. The lowest BCUT2D eigenvalue weighted by Gasteiger charge is -2.30. The molecule has 1 aliphatic carbocycles. The average molecular weight is 370 g/mol. The van der Waals surface area contributed by atoms with Crippen LogP contribution in [0.1, 0.15) is 37.0 Å². The number of nitrogens with zero attached hydrogens (tertiary/aromatic N) is 3. The predicted octanol–water partition coefficient (Wildman–Crippen LogP) is 2.82. The van der Waals surface area contributed by atoms with E-state index in [-0.39, 0.29) is 23.7 Å². The van der Waals surface area contributed by atoms with Gasteiger partial charge in [0.25, 0.3) is 0 Å². The Hall–Kier alpha value is -2.70. The van der Waals surface area contributed by atoms with Gasteiger partial charge in [-0.2, -0.15) is 0 Å². The summed E-state index contributed by atoms with van der Waals surface area (Å²) in [5.74, 6) is 1.18. The number of hydrogen-bond acceptors (Lipinski definition) is 5. The highest BCUT2D eigenvalue weighted by Gasteiger charge is 2.31. The van der Waals surface area contributed by atoms with E-state index < -0.39 is 0 Å². The Morgan fingerprint density at radius 3 is 2.48 bits per heavy atom. The zero-order valence-corrected chi connectivity index (χ0v) is 15.9. The van der Waals surface area contributed by atoms with Gasteiger partial charge >= 0.3 is 0 Å². The van der Waals surface area contributed by atoms with Gasteiger partial charge in [0, 0.05) is 43.9 Å². The van der Waals surface area contributed by atoms with Gasteiger partial charge in [-0.05, 0) is 56.7 Å². The first-order valence-corrected chi connectivity index (χ1v) is 9.41. The molecule has 0 radical (unpaired) electrons. The minimum atomic E-state index is -0.0758. The first kappa shape index (κ1) is 19.1. The van der Waals surface area contributed by atoms with Crippen molar-refractivity contribution < 1.29 is 14.1 Å². The molecular formula is C20H26N4O3. The Kier molecular flexibility index (Phi) is 6.21. The van der Waals surface area contributed by atoms with Crippen LogP contribution >= 0.6 is 0 Å². The van der Waals surface area contributed by atoms with Crippen LogP contribution in [-0.2, 0) is 16.0 Å². The summed E-state index contributed by atoms with van der Waals surface area (Å²) in [5, 5.41) is 6.58. The lowest BCUT2D eigenvalue weighted by atomic mass is 9.81. The first-order chi connectivity index (χ1) is 13.0. The van der Waals surface area contributed by atoms with Crippen molar-refractivity contribution in [1.82, 2.24) is 15.0 Å². The zero-order chi connectivity index (χ0) is 19.2. The van der Waals surface area contributed by atoms with Gasteiger partial charge < -0.3 is 14.7 Å². The molecule has 2 heterocycles. The SMILES string of the molecule is Cc1cc(NC(=O)C2CCC(C(=O)N(C)CCc3ccncc3)CC2)no1. The Labute approximate surface area is 159 Å². The number of rotatable bonds is 6. The molecule has 7 heteroatoms. The molecular weight excluding hydrogens is 344 g/mol. The topological polar surface area (TPSA) is 88.3 Å². The highest BCUT2D eigenvalue weighted by Crippen LogP contribution is 2.30. The van der Waals surface area contributed by atoms with Crippen molar-refractivity contribution in [2.75, 3.05) is 18.9 Å². The Morgan fingerprint density at radius 1 is 1.19 bits per heavy atom. The van der Waals surface area contributed by atoms with E-state index in [9.17, 15) is 9.59 Å². The van der Waals surface area contributed by atoms with Gasteiger partial charge in [0.05, 0.1) is 0 Å². The number of carbonyl (C=O) groups is 2. The van der Waals surface area contributed by atoms with Gasteiger partial charge in [0.1, 0.15) is 5.76 Å². The fraction of sp³-hybridized carbons (Fsp3) is 0.500. The number of anilines is 1. The molecule has 2 aromatic rings. The number of carbonyl (C=O) groups excluding carboxylic acids is 2. The summed E-state index contributed by atoms with van der Waals surface area (Å²) in [6.45, 7) is 2.47. The maximum atomic E-state index is 12.7. The van der Waals surface area contributed by atoms with E-state index in [4.69, 9.17) is 4.52 Å². The first-order valence-electron chi connectivity index (χ1n) is 9.41. The molecule has 144 valence electrons. The van der Waals surface area contributed by atoms with Gasteiger partial charge in [0.2, 0.25) is 11.8 Å². The van der Waals surface area contributed by atoms with Crippen LogP contribution in [0.15, 0.2) is 35.1 Å². The minimum Gasteiger partial charge on any atom is -0.360 e. The van der Waals surface area contributed by atoms with Crippen LogP contribution in [0.3, 0.4) is 0 Å². The summed E-state index contributed by atoms with van der Waals surface area (Å²) >= 11 is 0. The molecule has 0 saturated heterocycles. The smallest absolute Gasteiger partial charge is 0.228 e. The molecule has 1 saturated carbocycles. The van der Waals surface area contributed by atoms with Crippen LogP contribution in [0.25, 0.3) is 0 Å². The predicted molar refractivity (Wildman–Crippen MR) is 101 cm³/mol. The van der Waals surface area contributed by atoms with E-state index in [0.717, 1.165) is 32.1 Å². The monoisotopic (exact) mass is 370 g/mol. The van der Waals surface area contributed by atoms with Crippen molar-refractivity contribution >= 4 is 17.6 Å². The highest BCUT2D eigenvalue weighted by atomic mass is 16.5. The lowest BCUT2D eigenvalue weighted by molar-refractivity contribution is -0.136.